The van der Waals surface area contributed by atoms with E-state index in [1.54, 1.807) is 18.2 Å². The smallest absolute Gasteiger partial charge is 0.408 e. The van der Waals surface area contributed by atoms with Crippen LogP contribution in [0.5, 0.6) is 0 Å². The van der Waals surface area contributed by atoms with E-state index in [2.05, 4.69) is 0 Å². The van der Waals surface area contributed by atoms with Crippen LogP contribution in [0.2, 0.25) is 0 Å². The fraction of sp³-hybridized carbons (Fsp3) is 0.235. The monoisotopic (exact) mass is 381 g/mol. The van der Waals surface area contributed by atoms with Crippen LogP contribution in [-0.4, -0.2) is 27.1 Å². The molecule has 3 aromatic rings. The molecule has 0 aliphatic carbocycles. The van der Waals surface area contributed by atoms with Crippen molar-refractivity contribution in [1.29, 1.82) is 0 Å². The minimum Gasteiger partial charge on any atom is -0.408 e. The van der Waals surface area contributed by atoms with Gasteiger partial charge >= 0.3 is 11.9 Å². The first-order valence-electron chi connectivity index (χ1n) is 7.84. The number of para-hydroxylation sites is 3. The SMILES string of the molecule is O=c1oc2ccccc2n1CN(Cc1ccccc1[N+](=O)[O-])CC(F)(F)F. The lowest BCUT2D eigenvalue weighted by molar-refractivity contribution is -0.385. The van der Waals surface area contributed by atoms with Crippen molar-refractivity contribution in [3.05, 3.63) is 74.8 Å². The number of benzene rings is 2. The van der Waals surface area contributed by atoms with Gasteiger partial charge in [0.1, 0.15) is 0 Å². The number of rotatable bonds is 6. The molecule has 1 heterocycles. The molecule has 0 fully saturated rings. The lowest BCUT2D eigenvalue weighted by Crippen LogP contribution is -2.37. The van der Waals surface area contributed by atoms with Gasteiger partial charge < -0.3 is 4.42 Å². The number of alkyl halides is 3. The van der Waals surface area contributed by atoms with E-state index < -0.39 is 30.1 Å². The summed E-state index contributed by atoms with van der Waals surface area (Å²) in [6, 6.07) is 11.9. The molecule has 0 aliphatic rings. The Bertz CT molecular complexity index is 1030. The van der Waals surface area contributed by atoms with Crippen molar-refractivity contribution in [1.82, 2.24) is 9.47 Å². The van der Waals surface area contributed by atoms with Crippen LogP contribution in [-0.2, 0) is 13.2 Å². The highest BCUT2D eigenvalue weighted by Crippen LogP contribution is 2.24. The molecule has 142 valence electrons. The van der Waals surface area contributed by atoms with Crippen molar-refractivity contribution in [2.75, 3.05) is 6.54 Å². The molecule has 0 bridgehead atoms. The van der Waals surface area contributed by atoms with E-state index in [1.807, 2.05) is 0 Å². The first-order chi connectivity index (χ1) is 12.7. The maximum absolute atomic E-state index is 13.0. The molecular formula is C17H14F3N3O4. The topological polar surface area (TPSA) is 81.5 Å². The number of nitrogens with zero attached hydrogens (tertiary/aromatic N) is 3. The second-order valence-electron chi connectivity index (χ2n) is 5.89. The molecule has 0 radical (unpaired) electrons. The molecular weight excluding hydrogens is 367 g/mol. The van der Waals surface area contributed by atoms with E-state index in [0.717, 1.165) is 9.47 Å². The predicted molar refractivity (Wildman–Crippen MR) is 90.0 cm³/mol. The molecule has 0 unspecified atom stereocenters. The standard InChI is InChI=1S/C17H14F3N3O4/c18-17(19,20)10-21(9-12-5-1-2-6-13(12)23(25)26)11-22-14-7-3-4-8-15(14)27-16(22)24/h1-8H,9-11H2. The summed E-state index contributed by atoms with van der Waals surface area (Å²) >= 11 is 0. The Morgan fingerprint density at radius 1 is 1.11 bits per heavy atom. The Labute approximate surface area is 150 Å². The maximum atomic E-state index is 13.0. The number of nitro benzene ring substituents is 1. The Morgan fingerprint density at radius 2 is 1.78 bits per heavy atom. The van der Waals surface area contributed by atoms with Gasteiger partial charge in [-0.2, -0.15) is 13.2 Å². The fourth-order valence-electron chi connectivity index (χ4n) is 2.82. The molecule has 10 heteroatoms. The van der Waals surface area contributed by atoms with Crippen LogP contribution >= 0.6 is 0 Å². The van der Waals surface area contributed by atoms with Gasteiger partial charge in [-0.1, -0.05) is 30.3 Å². The van der Waals surface area contributed by atoms with E-state index >= 15 is 0 Å². The van der Waals surface area contributed by atoms with Gasteiger partial charge in [0.2, 0.25) is 0 Å². The molecule has 0 spiro atoms. The number of nitro groups is 1. The summed E-state index contributed by atoms with van der Waals surface area (Å²) in [5.74, 6) is -0.800. The van der Waals surface area contributed by atoms with Crippen LogP contribution in [0.4, 0.5) is 18.9 Å². The van der Waals surface area contributed by atoms with Crippen molar-refractivity contribution >= 4 is 16.8 Å². The number of halogens is 3. The Morgan fingerprint density at radius 3 is 2.48 bits per heavy atom. The van der Waals surface area contributed by atoms with Gasteiger partial charge in [-0.25, -0.2) is 4.79 Å². The first-order valence-corrected chi connectivity index (χ1v) is 7.84. The number of aromatic nitrogens is 1. The zero-order valence-corrected chi connectivity index (χ0v) is 13.8. The average molecular weight is 381 g/mol. The summed E-state index contributed by atoms with van der Waals surface area (Å²) in [5, 5.41) is 11.1. The third-order valence-corrected chi connectivity index (χ3v) is 3.90. The molecule has 0 aliphatic heterocycles. The fourth-order valence-corrected chi connectivity index (χ4v) is 2.82. The van der Waals surface area contributed by atoms with E-state index in [9.17, 15) is 28.1 Å². The van der Waals surface area contributed by atoms with Gasteiger partial charge in [0, 0.05) is 18.2 Å². The number of fused-ring (bicyclic) bond motifs is 1. The molecule has 0 amide bonds. The zero-order chi connectivity index (χ0) is 19.6. The summed E-state index contributed by atoms with van der Waals surface area (Å²) < 4.78 is 45.2. The Hall–Kier alpha value is -3.14. The molecule has 0 atom stereocenters. The van der Waals surface area contributed by atoms with Crippen LogP contribution in [0.15, 0.2) is 57.7 Å². The summed E-state index contributed by atoms with van der Waals surface area (Å²) in [4.78, 5) is 23.4. The quantitative estimate of drug-likeness (QED) is 0.482. The van der Waals surface area contributed by atoms with E-state index in [4.69, 9.17) is 4.42 Å². The van der Waals surface area contributed by atoms with Crippen molar-refractivity contribution in [2.45, 2.75) is 19.4 Å². The highest BCUT2D eigenvalue weighted by molar-refractivity contribution is 5.72. The van der Waals surface area contributed by atoms with Crippen molar-refractivity contribution < 1.29 is 22.5 Å². The van der Waals surface area contributed by atoms with Crippen LogP contribution < -0.4 is 5.76 Å². The second kappa shape index (κ2) is 7.23. The van der Waals surface area contributed by atoms with Gasteiger partial charge in [-0.05, 0) is 12.1 Å². The maximum Gasteiger partial charge on any atom is 0.421 e. The van der Waals surface area contributed by atoms with Crippen molar-refractivity contribution in [2.24, 2.45) is 0 Å². The van der Waals surface area contributed by atoms with Gasteiger partial charge in [0.15, 0.2) is 5.58 Å². The molecule has 1 aromatic heterocycles. The van der Waals surface area contributed by atoms with Gasteiger partial charge in [0.05, 0.1) is 23.7 Å². The first kappa shape index (κ1) is 18.6. The second-order valence-corrected chi connectivity index (χ2v) is 5.89. The zero-order valence-electron chi connectivity index (χ0n) is 13.8. The number of hydrogen-bond donors (Lipinski definition) is 0. The molecule has 27 heavy (non-hydrogen) atoms. The van der Waals surface area contributed by atoms with E-state index in [1.165, 1.54) is 30.3 Å². The normalized spacial score (nSPS) is 12.0. The molecule has 2 aromatic carbocycles. The van der Waals surface area contributed by atoms with Crippen LogP contribution in [0.1, 0.15) is 5.56 Å². The Kier molecular flexibility index (Phi) is 5.00. The summed E-state index contributed by atoms with van der Waals surface area (Å²) in [7, 11) is 0. The van der Waals surface area contributed by atoms with Crippen molar-refractivity contribution in [3.8, 4) is 0 Å². The van der Waals surface area contributed by atoms with Crippen molar-refractivity contribution in [3.63, 3.8) is 0 Å². The minimum absolute atomic E-state index is 0.118. The minimum atomic E-state index is -4.55. The van der Waals surface area contributed by atoms with Crippen LogP contribution in [0.3, 0.4) is 0 Å². The highest BCUT2D eigenvalue weighted by Gasteiger charge is 2.32. The lowest BCUT2D eigenvalue weighted by Gasteiger charge is -2.23. The largest absolute Gasteiger partial charge is 0.421 e. The molecule has 0 saturated heterocycles. The van der Waals surface area contributed by atoms with Gasteiger partial charge in [0.25, 0.3) is 5.69 Å². The number of oxazole rings is 1. The van der Waals surface area contributed by atoms with E-state index in [-0.39, 0.29) is 23.4 Å². The third kappa shape index (κ3) is 4.34. The summed E-state index contributed by atoms with van der Waals surface area (Å²) in [5.41, 5.74) is 0.430. The molecule has 7 nitrogen and oxygen atoms in total. The highest BCUT2D eigenvalue weighted by atomic mass is 19.4. The predicted octanol–water partition coefficient (Wildman–Crippen LogP) is 3.52. The van der Waals surface area contributed by atoms with Gasteiger partial charge in [-0.15, -0.1) is 0 Å². The van der Waals surface area contributed by atoms with Gasteiger partial charge in [-0.3, -0.25) is 19.6 Å². The van der Waals surface area contributed by atoms with E-state index in [0.29, 0.717) is 5.52 Å². The summed E-state index contributed by atoms with van der Waals surface area (Å²) in [6.45, 7) is -2.13. The lowest BCUT2D eigenvalue weighted by atomic mass is 10.1. The number of hydrogen-bond acceptors (Lipinski definition) is 5. The molecule has 0 saturated carbocycles. The molecule has 0 N–H and O–H groups in total. The Balaban J connectivity index is 1.96. The summed E-state index contributed by atoms with van der Waals surface area (Å²) in [6.07, 6.45) is -4.55. The third-order valence-electron chi connectivity index (χ3n) is 3.90. The average Bonchev–Trinajstić information content (AvgIpc) is 2.89. The van der Waals surface area contributed by atoms with Crippen LogP contribution in [0.25, 0.3) is 11.1 Å². The van der Waals surface area contributed by atoms with Crippen LogP contribution in [0, 0.1) is 10.1 Å². The molecule has 3 rings (SSSR count).